The summed E-state index contributed by atoms with van der Waals surface area (Å²) in [5.74, 6) is -1.94. The van der Waals surface area contributed by atoms with Crippen molar-refractivity contribution in [2.24, 2.45) is 0 Å². The number of anilines is 4. The van der Waals surface area contributed by atoms with E-state index in [9.17, 15) is 12.8 Å². The number of aromatic nitrogens is 6. The normalized spacial score (nSPS) is 12.5. The molecule has 0 aliphatic rings. The standard InChI is InChI=1S/C16H19F2N9O2S/c1-8-5-11(26-25-8)22-14-12(18)15(27(3)30(4,28)29)24-16(23-14)21-9(2)13-19-6-10(17)7-20-13/h5-7,9H,1-4H3,(H3,21,22,23,24,25,26)/t9-/m0/s1. The smallest absolute Gasteiger partial charge is 0.233 e. The molecule has 0 aromatic carbocycles. The second kappa shape index (κ2) is 8.14. The van der Waals surface area contributed by atoms with E-state index in [-0.39, 0.29) is 23.4 Å². The van der Waals surface area contributed by atoms with Crippen molar-refractivity contribution in [2.45, 2.75) is 19.9 Å². The van der Waals surface area contributed by atoms with Crippen molar-refractivity contribution < 1.29 is 17.2 Å². The molecule has 30 heavy (non-hydrogen) atoms. The van der Waals surface area contributed by atoms with Gasteiger partial charge < -0.3 is 10.6 Å². The molecule has 160 valence electrons. The van der Waals surface area contributed by atoms with Crippen LogP contribution in [0.15, 0.2) is 18.5 Å². The molecule has 0 spiro atoms. The third kappa shape index (κ3) is 4.76. The molecule has 3 N–H and O–H groups in total. The number of aromatic amines is 1. The van der Waals surface area contributed by atoms with Gasteiger partial charge in [0, 0.05) is 18.8 Å². The van der Waals surface area contributed by atoms with Crippen LogP contribution in [0.25, 0.3) is 0 Å². The van der Waals surface area contributed by atoms with Crippen molar-refractivity contribution in [1.29, 1.82) is 0 Å². The van der Waals surface area contributed by atoms with Crippen molar-refractivity contribution in [1.82, 2.24) is 30.1 Å². The fourth-order valence-corrected chi connectivity index (χ4v) is 2.79. The van der Waals surface area contributed by atoms with E-state index < -0.39 is 33.5 Å². The Hall–Kier alpha value is -3.42. The Morgan fingerprint density at radius 1 is 1.20 bits per heavy atom. The Kier molecular flexibility index (Phi) is 5.78. The number of rotatable bonds is 7. The van der Waals surface area contributed by atoms with E-state index in [2.05, 4.69) is 40.8 Å². The van der Waals surface area contributed by atoms with Crippen LogP contribution in [0.3, 0.4) is 0 Å². The van der Waals surface area contributed by atoms with Gasteiger partial charge in [-0.1, -0.05) is 0 Å². The molecule has 0 amide bonds. The minimum atomic E-state index is -3.81. The molecular formula is C16H19F2N9O2S. The predicted octanol–water partition coefficient (Wildman–Crippen LogP) is 1.89. The maximum atomic E-state index is 15.0. The number of sulfonamides is 1. The first kappa shape index (κ1) is 21.3. The van der Waals surface area contributed by atoms with Crippen molar-refractivity contribution in [3.63, 3.8) is 0 Å². The minimum absolute atomic E-state index is 0.0999. The second-order valence-corrected chi connectivity index (χ2v) is 8.46. The molecule has 0 aliphatic carbocycles. The quantitative estimate of drug-likeness (QED) is 0.503. The summed E-state index contributed by atoms with van der Waals surface area (Å²) in [6.07, 6.45) is 2.92. The fourth-order valence-electron chi connectivity index (χ4n) is 2.36. The number of aryl methyl sites for hydroxylation is 1. The molecule has 3 rings (SSSR count). The van der Waals surface area contributed by atoms with Gasteiger partial charge in [-0.15, -0.1) is 0 Å². The Bertz CT molecular complexity index is 1150. The first-order valence-corrected chi connectivity index (χ1v) is 10.4. The molecule has 0 saturated carbocycles. The molecule has 3 aromatic heterocycles. The van der Waals surface area contributed by atoms with Crippen LogP contribution < -0.4 is 14.9 Å². The van der Waals surface area contributed by atoms with E-state index in [0.717, 1.165) is 24.3 Å². The zero-order chi connectivity index (χ0) is 22.1. The highest BCUT2D eigenvalue weighted by molar-refractivity contribution is 7.92. The zero-order valence-corrected chi connectivity index (χ0v) is 17.3. The minimum Gasteiger partial charge on any atom is -0.344 e. The lowest BCUT2D eigenvalue weighted by Gasteiger charge is -2.20. The van der Waals surface area contributed by atoms with Gasteiger partial charge in [0.05, 0.1) is 24.7 Å². The summed E-state index contributed by atoms with van der Waals surface area (Å²) in [6, 6.07) is 1.02. The monoisotopic (exact) mass is 439 g/mol. The maximum Gasteiger partial charge on any atom is 0.233 e. The van der Waals surface area contributed by atoms with Crippen LogP contribution in [0.4, 0.5) is 32.2 Å². The lowest BCUT2D eigenvalue weighted by molar-refractivity contribution is 0.592. The van der Waals surface area contributed by atoms with Gasteiger partial charge in [0.25, 0.3) is 0 Å². The average Bonchev–Trinajstić information content (AvgIpc) is 3.08. The Labute approximate surface area is 171 Å². The van der Waals surface area contributed by atoms with E-state index in [1.54, 1.807) is 19.9 Å². The molecule has 3 heterocycles. The molecule has 0 unspecified atom stereocenters. The molecule has 1 atom stereocenters. The summed E-state index contributed by atoms with van der Waals surface area (Å²) < 4.78 is 52.6. The highest BCUT2D eigenvalue weighted by Gasteiger charge is 2.24. The molecular weight excluding hydrogens is 420 g/mol. The lowest BCUT2D eigenvalue weighted by Crippen LogP contribution is -2.28. The van der Waals surface area contributed by atoms with Crippen LogP contribution in [-0.2, 0) is 10.0 Å². The number of halogens is 2. The third-order valence-corrected chi connectivity index (χ3v) is 5.12. The molecule has 11 nitrogen and oxygen atoms in total. The van der Waals surface area contributed by atoms with E-state index >= 15 is 4.39 Å². The molecule has 14 heteroatoms. The van der Waals surface area contributed by atoms with Gasteiger partial charge in [-0.25, -0.2) is 22.8 Å². The maximum absolute atomic E-state index is 15.0. The largest absolute Gasteiger partial charge is 0.344 e. The summed E-state index contributed by atoms with van der Waals surface area (Å²) >= 11 is 0. The summed E-state index contributed by atoms with van der Waals surface area (Å²) in [5.41, 5.74) is 0.723. The summed E-state index contributed by atoms with van der Waals surface area (Å²) in [5, 5.41) is 12.2. The topological polar surface area (TPSA) is 142 Å². The second-order valence-electron chi connectivity index (χ2n) is 6.45. The highest BCUT2D eigenvalue weighted by Crippen LogP contribution is 2.28. The van der Waals surface area contributed by atoms with Crippen molar-refractivity contribution in [2.75, 3.05) is 28.2 Å². The summed E-state index contributed by atoms with van der Waals surface area (Å²) in [7, 11) is -2.64. The summed E-state index contributed by atoms with van der Waals surface area (Å²) in [4.78, 5) is 15.8. The fraction of sp³-hybridized carbons (Fsp3) is 0.312. The van der Waals surface area contributed by atoms with E-state index in [1.165, 1.54) is 7.05 Å². The van der Waals surface area contributed by atoms with Gasteiger partial charge in [-0.2, -0.15) is 19.5 Å². The van der Waals surface area contributed by atoms with Crippen LogP contribution in [0, 0.1) is 18.6 Å². The number of H-pyrrole nitrogens is 1. The zero-order valence-electron chi connectivity index (χ0n) is 16.5. The molecule has 3 aromatic rings. The molecule has 0 saturated heterocycles. The molecule has 0 aliphatic heterocycles. The summed E-state index contributed by atoms with van der Waals surface area (Å²) in [6.45, 7) is 3.42. The van der Waals surface area contributed by atoms with Gasteiger partial charge >= 0.3 is 0 Å². The SMILES string of the molecule is Cc1cc(Nc2nc(N[C@@H](C)c3ncc(F)cn3)nc(N(C)S(C)(=O)=O)c2F)n[nH]1. The van der Waals surface area contributed by atoms with Gasteiger partial charge in [0.1, 0.15) is 5.82 Å². The predicted molar refractivity (Wildman–Crippen MR) is 106 cm³/mol. The van der Waals surface area contributed by atoms with E-state index in [1.807, 2.05) is 0 Å². The lowest BCUT2D eigenvalue weighted by atomic mass is 10.3. The molecule has 0 fully saturated rings. The van der Waals surface area contributed by atoms with Gasteiger partial charge in [0.2, 0.25) is 21.8 Å². The van der Waals surface area contributed by atoms with Crippen LogP contribution in [0.2, 0.25) is 0 Å². The number of nitrogens with one attached hydrogen (secondary N) is 3. The van der Waals surface area contributed by atoms with E-state index in [4.69, 9.17) is 0 Å². The Morgan fingerprint density at radius 3 is 2.43 bits per heavy atom. The van der Waals surface area contributed by atoms with Gasteiger partial charge in [-0.3, -0.25) is 9.40 Å². The van der Waals surface area contributed by atoms with Crippen molar-refractivity contribution >= 4 is 33.4 Å². The number of hydrogen-bond acceptors (Lipinski definition) is 9. The van der Waals surface area contributed by atoms with E-state index in [0.29, 0.717) is 4.31 Å². The highest BCUT2D eigenvalue weighted by atomic mass is 32.2. The molecule has 0 radical (unpaired) electrons. The Morgan fingerprint density at radius 2 is 1.87 bits per heavy atom. The average molecular weight is 439 g/mol. The molecule has 0 bridgehead atoms. The van der Waals surface area contributed by atoms with Crippen LogP contribution in [-0.4, -0.2) is 51.9 Å². The third-order valence-electron chi connectivity index (χ3n) is 3.96. The van der Waals surface area contributed by atoms with Crippen molar-refractivity contribution in [3.05, 3.63) is 41.6 Å². The first-order valence-electron chi connectivity index (χ1n) is 8.59. The Balaban J connectivity index is 2.00. The van der Waals surface area contributed by atoms with Crippen LogP contribution >= 0.6 is 0 Å². The van der Waals surface area contributed by atoms with Gasteiger partial charge in [0.15, 0.2) is 23.3 Å². The number of nitrogens with zero attached hydrogens (tertiary/aromatic N) is 6. The van der Waals surface area contributed by atoms with Crippen LogP contribution in [0.1, 0.15) is 24.5 Å². The first-order chi connectivity index (χ1) is 14.0. The van der Waals surface area contributed by atoms with Crippen molar-refractivity contribution in [3.8, 4) is 0 Å². The number of hydrogen-bond donors (Lipinski definition) is 3. The van der Waals surface area contributed by atoms with Crippen LogP contribution in [0.5, 0.6) is 0 Å². The van der Waals surface area contributed by atoms with Gasteiger partial charge in [-0.05, 0) is 13.8 Å².